The molecule has 0 saturated carbocycles. The molecule has 9 heteroatoms. The summed E-state index contributed by atoms with van der Waals surface area (Å²) < 4.78 is 41.0. The summed E-state index contributed by atoms with van der Waals surface area (Å²) >= 11 is 0. The quantitative estimate of drug-likeness (QED) is 0.805. The van der Waals surface area contributed by atoms with Crippen LogP contribution in [0.4, 0.5) is 10.1 Å². The lowest BCUT2D eigenvalue weighted by Crippen LogP contribution is -2.31. The van der Waals surface area contributed by atoms with Gasteiger partial charge >= 0.3 is 0 Å². The van der Waals surface area contributed by atoms with E-state index in [1.165, 1.54) is 24.3 Å². The molecule has 2 aromatic rings. The third-order valence-electron chi connectivity index (χ3n) is 4.33. The molecule has 3 N–H and O–H groups in total. The van der Waals surface area contributed by atoms with Crippen molar-refractivity contribution in [1.82, 2.24) is 4.90 Å². The molecule has 2 aromatic carbocycles. The molecule has 0 spiro atoms. The van der Waals surface area contributed by atoms with Gasteiger partial charge in [0.05, 0.1) is 4.90 Å². The molecule has 1 amide bonds. The molecule has 1 aliphatic heterocycles. The van der Waals surface area contributed by atoms with Gasteiger partial charge in [0.1, 0.15) is 5.82 Å². The van der Waals surface area contributed by atoms with Crippen molar-refractivity contribution < 1.29 is 17.6 Å². The minimum absolute atomic E-state index is 0. The monoisotopic (exact) mass is 413 g/mol. The normalized spacial score (nSPS) is 16.7. The lowest BCUT2D eigenvalue weighted by atomic mass is 10.2. The van der Waals surface area contributed by atoms with Gasteiger partial charge in [0.25, 0.3) is 15.9 Å². The Morgan fingerprint density at radius 3 is 2.63 bits per heavy atom. The predicted octanol–water partition coefficient (Wildman–Crippen LogP) is 2.53. The van der Waals surface area contributed by atoms with Crippen molar-refractivity contribution in [1.29, 1.82) is 0 Å². The molecule has 0 unspecified atom stereocenters. The number of halogens is 2. The van der Waals surface area contributed by atoms with Crippen LogP contribution in [0.15, 0.2) is 47.4 Å². The molecule has 0 aromatic heterocycles. The Kier molecular flexibility index (Phi) is 6.46. The number of aryl methyl sites for hydroxylation is 1. The van der Waals surface area contributed by atoms with Crippen molar-refractivity contribution in [2.75, 3.05) is 17.8 Å². The van der Waals surface area contributed by atoms with Crippen molar-refractivity contribution >= 4 is 34.0 Å². The largest absolute Gasteiger partial charge is 0.337 e. The minimum Gasteiger partial charge on any atom is -0.337 e. The van der Waals surface area contributed by atoms with E-state index in [4.69, 9.17) is 5.73 Å². The molecule has 3 rings (SSSR count). The van der Waals surface area contributed by atoms with Gasteiger partial charge in [0.2, 0.25) is 0 Å². The third kappa shape index (κ3) is 4.77. The van der Waals surface area contributed by atoms with Gasteiger partial charge in [-0.3, -0.25) is 9.52 Å². The van der Waals surface area contributed by atoms with E-state index in [1.807, 2.05) is 0 Å². The Bertz CT molecular complexity index is 953. The fraction of sp³-hybridized carbons (Fsp3) is 0.278. The smallest absolute Gasteiger partial charge is 0.261 e. The van der Waals surface area contributed by atoms with Crippen LogP contribution in [0.3, 0.4) is 0 Å². The number of nitrogens with two attached hydrogens (primary N) is 1. The molecule has 6 nitrogen and oxygen atoms in total. The standard InChI is InChI=1S/C18H20FN3O3S.ClH/c1-12-5-6-16(10-17(12)19)26(24,25)21-15-4-2-3-13(9-15)18(23)22-8-7-14(20)11-22;/h2-6,9-10,14,21H,7-8,11,20H2,1H3;1H/t14-;/m1./s1. The van der Waals surface area contributed by atoms with Gasteiger partial charge in [-0.05, 0) is 49.2 Å². The van der Waals surface area contributed by atoms with Crippen molar-refractivity contribution in [3.63, 3.8) is 0 Å². The number of likely N-dealkylation sites (tertiary alicyclic amines) is 1. The Morgan fingerprint density at radius 2 is 2.00 bits per heavy atom. The number of anilines is 1. The van der Waals surface area contributed by atoms with Crippen LogP contribution in [-0.2, 0) is 10.0 Å². The molecule has 0 radical (unpaired) electrons. The zero-order valence-electron chi connectivity index (χ0n) is 14.7. The number of nitrogens with one attached hydrogen (secondary N) is 1. The first kappa shape index (κ1) is 21.1. The van der Waals surface area contributed by atoms with Gasteiger partial charge in [-0.2, -0.15) is 0 Å². The fourth-order valence-electron chi connectivity index (χ4n) is 2.82. The molecule has 0 aliphatic carbocycles. The number of benzene rings is 2. The molecule has 1 heterocycles. The summed E-state index contributed by atoms with van der Waals surface area (Å²) in [4.78, 5) is 14.0. The van der Waals surface area contributed by atoms with Crippen LogP contribution in [0.5, 0.6) is 0 Å². The van der Waals surface area contributed by atoms with E-state index in [2.05, 4.69) is 4.72 Å². The predicted molar refractivity (Wildman–Crippen MR) is 104 cm³/mol. The van der Waals surface area contributed by atoms with E-state index in [9.17, 15) is 17.6 Å². The van der Waals surface area contributed by atoms with Gasteiger partial charge in [-0.15, -0.1) is 12.4 Å². The first-order valence-electron chi connectivity index (χ1n) is 8.20. The molecular formula is C18H21ClFN3O3S. The van der Waals surface area contributed by atoms with Crippen molar-refractivity contribution in [3.05, 3.63) is 59.4 Å². The molecule has 27 heavy (non-hydrogen) atoms. The van der Waals surface area contributed by atoms with Gasteiger partial charge in [0.15, 0.2) is 0 Å². The molecule has 1 aliphatic rings. The Hall–Kier alpha value is -2.16. The van der Waals surface area contributed by atoms with E-state index in [-0.39, 0.29) is 34.9 Å². The number of carbonyl (C=O) groups excluding carboxylic acids is 1. The van der Waals surface area contributed by atoms with E-state index >= 15 is 0 Å². The van der Waals surface area contributed by atoms with E-state index in [1.54, 1.807) is 24.0 Å². The summed E-state index contributed by atoms with van der Waals surface area (Å²) in [5.74, 6) is -0.789. The van der Waals surface area contributed by atoms with E-state index < -0.39 is 15.8 Å². The fourth-order valence-corrected chi connectivity index (χ4v) is 3.89. The van der Waals surface area contributed by atoms with Gasteiger partial charge in [0, 0.05) is 30.4 Å². The van der Waals surface area contributed by atoms with Crippen molar-refractivity contribution in [2.24, 2.45) is 5.73 Å². The van der Waals surface area contributed by atoms with Gasteiger partial charge in [-0.25, -0.2) is 12.8 Å². The minimum atomic E-state index is -3.96. The SMILES string of the molecule is Cc1ccc(S(=O)(=O)Nc2cccc(C(=O)N3CC[C@@H](N)C3)c2)cc1F.Cl. The van der Waals surface area contributed by atoms with Gasteiger partial charge in [-0.1, -0.05) is 12.1 Å². The summed E-state index contributed by atoms with van der Waals surface area (Å²) in [6, 6.07) is 9.90. The number of hydrogen-bond acceptors (Lipinski definition) is 4. The van der Waals surface area contributed by atoms with Crippen LogP contribution in [0.2, 0.25) is 0 Å². The van der Waals surface area contributed by atoms with Crippen LogP contribution >= 0.6 is 12.4 Å². The maximum absolute atomic E-state index is 13.7. The Morgan fingerprint density at radius 1 is 1.26 bits per heavy atom. The number of sulfonamides is 1. The van der Waals surface area contributed by atoms with Crippen LogP contribution in [0.1, 0.15) is 22.3 Å². The highest BCUT2D eigenvalue weighted by Crippen LogP contribution is 2.21. The lowest BCUT2D eigenvalue weighted by molar-refractivity contribution is 0.0791. The zero-order valence-corrected chi connectivity index (χ0v) is 16.3. The summed E-state index contributed by atoms with van der Waals surface area (Å²) in [6.07, 6.45) is 0.747. The first-order valence-corrected chi connectivity index (χ1v) is 9.68. The first-order chi connectivity index (χ1) is 12.3. The van der Waals surface area contributed by atoms with Crippen LogP contribution < -0.4 is 10.5 Å². The second-order valence-corrected chi connectivity index (χ2v) is 8.08. The topological polar surface area (TPSA) is 92.5 Å². The van der Waals surface area contributed by atoms with E-state index in [0.29, 0.717) is 24.2 Å². The molecule has 146 valence electrons. The van der Waals surface area contributed by atoms with Crippen LogP contribution in [-0.4, -0.2) is 38.4 Å². The lowest BCUT2D eigenvalue weighted by Gasteiger charge is -2.16. The van der Waals surface area contributed by atoms with Crippen molar-refractivity contribution in [3.8, 4) is 0 Å². The number of hydrogen-bond donors (Lipinski definition) is 2. The highest BCUT2D eigenvalue weighted by atomic mass is 35.5. The van der Waals surface area contributed by atoms with Crippen LogP contribution in [0.25, 0.3) is 0 Å². The maximum atomic E-state index is 13.7. The second kappa shape index (κ2) is 8.24. The molecular weight excluding hydrogens is 393 g/mol. The Balaban J connectivity index is 0.00000261. The molecule has 1 atom stereocenters. The summed E-state index contributed by atoms with van der Waals surface area (Å²) in [6.45, 7) is 2.62. The molecule has 1 saturated heterocycles. The highest BCUT2D eigenvalue weighted by molar-refractivity contribution is 7.92. The summed E-state index contributed by atoms with van der Waals surface area (Å²) in [5, 5.41) is 0. The summed E-state index contributed by atoms with van der Waals surface area (Å²) in [5.41, 5.74) is 6.79. The van der Waals surface area contributed by atoms with E-state index in [0.717, 1.165) is 12.5 Å². The molecule has 1 fully saturated rings. The third-order valence-corrected chi connectivity index (χ3v) is 5.71. The number of amides is 1. The van der Waals surface area contributed by atoms with Gasteiger partial charge < -0.3 is 10.6 Å². The highest BCUT2D eigenvalue weighted by Gasteiger charge is 2.25. The molecule has 0 bridgehead atoms. The maximum Gasteiger partial charge on any atom is 0.261 e. The zero-order chi connectivity index (χ0) is 18.9. The number of nitrogens with zero attached hydrogens (tertiary/aromatic N) is 1. The number of carbonyl (C=O) groups is 1. The average molecular weight is 414 g/mol. The van der Waals surface area contributed by atoms with Crippen LogP contribution in [0, 0.1) is 12.7 Å². The Labute approximate surface area is 164 Å². The second-order valence-electron chi connectivity index (χ2n) is 6.40. The number of rotatable bonds is 4. The average Bonchev–Trinajstić information content (AvgIpc) is 3.03. The summed E-state index contributed by atoms with van der Waals surface area (Å²) in [7, 11) is -3.96. The van der Waals surface area contributed by atoms with Crippen molar-refractivity contribution in [2.45, 2.75) is 24.3 Å².